The zero-order chi connectivity index (χ0) is 27.2. The molecular weight excluding hydrogens is 521 g/mol. The monoisotopic (exact) mass is 561 g/mol. The van der Waals surface area contributed by atoms with Crippen LogP contribution in [0.1, 0.15) is 49.3 Å². The number of allylic oxidation sites excluding steroid dienone is 1. The molecule has 202 valence electrons. The average Bonchev–Trinajstić information content (AvgIpc) is 2.83. The highest BCUT2D eigenvalue weighted by atomic mass is 35.5. The van der Waals surface area contributed by atoms with Crippen LogP contribution in [0.3, 0.4) is 0 Å². The molecule has 0 bridgehead atoms. The maximum atomic E-state index is 13.7. The van der Waals surface area contributed by atoms with Crippen molar-refractivity contribution in [2.24, 2.45) is 11.3 Å². The Labute approximate surface area is 233 Å². The number of carbonyl (C=O) groups is 1. The smallest absolute Gasteiger partial charge is 0.229 e. The van der Waals surface area contributed by atoms with E-state index in [9.17, 15) is 9.90 Å². The summed E-state index contributed by atoms with van der Waals surface area (Å²) in [5, 5.41) is 15.6. The summed E-state index contributed by atoms with van der Waals surface area (Å²) >= 11 is 12.4. The van der Waals surface area contributed by atoms with Crippen molar-refractivity contribution in [1.29, 1.82) is 0 Å². The molecule has 1 aliphatic heterocycles. The number of amides is 1. The van der Waals surface area contributed by atoms with Crippen LogP contribution in [0.2, 0.25) is 35.7 Å². The van der Waals surface area contributed by atoms with Gasteiger partial charge in [-0.3, -0.25) is 4.79 Å². The molecule has 2 N–H and O–H groups in total. The Bertz CT molecular complexity index is 1060. The van der Waals surface area contributed by atoms with Crippen molar-refractivity contribution >= 4 is 37.2 Å². The summed E-state index contributed by atoms with van der Waals surface area (Å²) in [5.74, 6) is 0.0222. The van der Waals surface area contributed by atoms with Gasteiger partial charge in [-0.25, -0.2) is 0 Å². The van der Waals surface area contributed by atoms with Crippen molar-refractivity contribution in [3.05, 3.63) is 82.4 Å². The lowest BCUT2D eigenvalue weighted by Crippen LogP contribution is -2.58. The second kappa shape index (κ2) is 12.9. The summed E-state index contributed by atoms with van der Waals surface area (Å²) in [6, 6.07) is 16.1. The van der Waals surface area contributed by atoms with Gasteiger partial charge in [0, 0.05) is 36.7 Å². The van der Waals surface area contributed by atoms with Crippen LogP contribution < -0.4 is 5.32 Å². The molecule has 1 fully saturated rings. The molecule has 5 atom stereocenters. The Morgan fingerprint density at radius 2 is 1.89 bits per heavy atom. The topological polar surface area (TPSA) is 58.6 Å². The Morgan fingerprint density at radius 1 is 1.19 bits per heavy atom. The molecule has 1 amide bonds. The van der Waals surface area contributed by atoms with E-state index < -0.39 is 19.6 Å². The summed E-state index contributed by atoms with van der Waals surface area (Å²) < 4.78 is 6.16. The standard InChI is InChI=1S/C30H41Cl2NO3Si/c1-6-14-30(20-36-15-16-37(3,4)5)19-26(23-8-7-9-25(32)18-23)28(33-29(30)35)21(2)17-27(34)22-10-12-24(31)13-11-22/h6-13,18,21,26-28,34H,1,14-17,19-20H2,2-5H3,(H,33,35)/t21?,26-,27+,28+,30+/m1/s1. The molecule has 4 nitrogen and oxygen atoms in total. The first kappa shape index (κ1) is 29.9. The van der Waals surface area contributed by atoms with Crippen molar-refractivity contribution in [2.45, 2.75) is 69.9 Å². The second-order valence-corrected chi connectivity index (χ2v) is 18.3. The molecule has 0 aromatic heterocycles. The van der Waals surface area contributed by atoms with Crippen LogP contribution in [-0.2, 0) is 9.53 Å². The van der Waals surface area contributed by atoms with E-state index in [1.165, 1.54) is 0 Å². The van der Waals surface area contributed by atoms with E-state index in [1.54, 1.807) is 12.1 Å². The van der Waals surface area contributed by atoms with E-state index >= 15 is 0 Å². The number of aliphatic hydroxyl groups excluding tert-OH is 1. The summed E-state index contributed by atoms with van der Waals surface area (Å²) in [4.78, 5) is 13.7. The van der Waals surface area contributed by atoms with E-state index in [0.29, 0.717) is 42.5 Å². The normalized spacial score (nSPS) is 23.8. The minimum atomic E-state index is -1.24. The molecule has 1 unspecified atom stereocenters. The highest BCUT2D eigenvalue weighted by Crippen LogP contribution is 2.45. The van der Waals surface area contributed by atoms with Crippen molar-refractivity contribution < 1.29 is 14.6 Å². The maximum absolute atomic E-state index is 13.7. The fourth-order valence-electron chi connectivity index (χ4n) is 5.25. The van der Waals surface area contributed by atoms with Crippen molar-refractivity contribution in [3.63, 3.8) is 0 Å². The van der Waals surface area contributed by atoms with Gasteiger partial charge in [0.1, 0.15) is 0 Å². The van der Waals surface area contributed by atoms with Crippen molar-refractivity contribution in [1.82, 2.24) is 5.32 Å². The van der Waals surface area contributed by atoms with Crippen LogP contribution >= 0.6 is 23.2 Å². The number of hydrogen-bond donors (Lipinski definition) is 2. The number of benzene rings is 2. The van der Waals surface area contributed by atoms with Gasteiger partial charge < -0.3 is 15.2 Å². The van der Waals surface area contributed by atoms with E-state index in [0.717, 1.165) is 17.2 Å². The van der Waals surface area contributed by atoms with Gasteiger partial charge in [-0.1, -0.05) is 80.1 Å². The predicted molar refractivity (Wildman–Crippen MR) is 157 cm³/mol. The molecule has 1 heterocycles. The quantitative estimate of drug-likeness (QED) is 0.159. The number of rotatable bonds is 12. The van der Waals surface area contributed by atoms with E-state index in [2.05, 4.69) is 44.5 Å². The van der Waals surface area contributed by atoms with Crippen LogP contribution in [0.15, 0.2) is 61.2 Å². The number of aliphatic hydroxyl groups is 1. The average molecular weight is 563 g/mol. The second-order valence-electron chi connectivity index (χ2n) is 11.8. The third kappa shape index (κ3) is 8.17. The van der Waals surface area contributed by atoms with Gasteiger partial charge in [-0.2, -0.15) is 0 Å². The van der Waals surface area contributed by atoms with Crippen LogP contribution in [0.4, 0.5) is 0 Å². The summed E-state index contributed by atoms with van der Waals surface area (Å²) in [6.45, 7) is 14.0. The molecule has 2 aromatic carbocycles. The first-order valence-electron chi connectivity index (χ1n) is 13.1. The van der Waals surface area contributed by atoms with Gasteiger partial charge in [0.2, 0.25) is 5.91 Å². The molecule has 3 rings (SSSR count). The first-order valence-corrected chi connectivity index (χ1v) is 17.6. The fraction of sp³-hybridized carbons (Fsp3) is 0.500. The zero-order valence-corrected chi connectivity index (χ0v) is 25.0. The lowest BCUT2D eigenvalue weighted by atomic mass is 9.66. The highest BCUT2D eigenvalue weighted by Gasteiger charge is 2.48. The van der Waals surface area contributed by atoms with Gasteiger partial charge in [-0.15, -0.1) is 6.58 Å². The molecule has 1 saturated heterocycles. The third-order valence-electron chi connectivity index (χ3n) is 7.47. The van der Waals surface area contributed by atoms with Crippen LogP contribution in [0.25, 0.3) is 0 Å². The minimum absolute atomic E-state index is 0.00323. The van der Waals surface area contributed by atoms with E-state index in [1.807, 2.05) is 36.4 Å². The number of hydrogen-bond acceptors (Lipinski definition) is 3. The molecule has 7 heteroatoms. The Balaban J connectivity index is 1.86. The van der Waals surface area contributed by atoms with Crippen LogP contribution in [0, 0.1) is 11.3 Å². The summed E-state index contributed by atoms with van der Waals surface area (Å²) in [7, 11) is -1.24. The summed E-state index contributed by atoms with van der Waals surface area (Å²) in [6.07, 6.45) is 2.84. The lowest BCUT2D eigenvalue weighted by Gasteiger charge is -2.46. The van der Waals surface area contributed by atoms with E-state index in [4.69, 9.17) is 27.9 Å². The highest BCUT2D eigenvalue weighted by molar-refractivity contribution is 6.76. The van der Waals surface area contributed by atoms with Gasteiger partial charge in [-0.05, 0) is 66.6 Å². The molecule has 0 aliphatic carbocycles. The van der Waals surface area contributed by atoms with E-state index in [-0.39, 0.29) is 23.8 Å². The molecule has 0 spiro atoms. The Hall–Kier alpha value is -1.63. The van der Waals surface area contributed by atoms with Gasteiger partial charge >= 0.3 is 0 Å². The Morgan fingerprint density at radius 3 is 2.51 bits per heavy atom. The maximum Gasteiger partial charge on any atom is 0.229 e. The minimum Gasteiger partial charge on any atom is -0.388 e. The van der Waals surface area contributed by atoms with Crippen molar-refractivity contribution in [3.8, 4) is 0 Å². The number of halogens is 2. The molecule has 37 heavy (non-hydrogen) atoms. The number of ether oxygens (including phenoxy) is 1. The van der Waals surface area contributed by atoms with Gasteiger partial charge in [0.15, 0.2) is 0 Å². The lowest BCUT2D eigenvalue weighted by molar-refractivity contribution is -0.141. The largest absolute Gasteiger partial charge is 0.388 e. The van der Waals surface area contributed by atoms with Gasteiger partial charge in [0.05, 0.1) is 18.1 Å². The summed E-state index contributed by atoms with van der Waals surface area (Å²) in [5.41, 5.74) is 1.20. The number of carbonyl (C=O) groups excluding carboxylic acids is 1. The van der Waals surface area contributed by atoms with Crippen molar-refractivity contribution in [2.75, 3.05) is 13.2 Å². The number of nitrogens with one attached hydrogen (secondary N) is 1. The van der Waals surface area contributed by atoms with Crippen LogP contribution in [-0.4, -0.2) is 38.3 Å². The molecular formula is C30H41Cl2NO3Si. The third-order valence-corrected chi connectivity index (χ3v) is 9.66. The molecule has 0 radical (unpaired) electrons. The predicted octanol–water partition coefficient (Wildman–Crippen LogP) is 7.64. The zero-order valence-electron chi connectivity index (χ0n) is 22.5. The molecule has 1 aliphatic rings. The molecule has 2 aromatic rings. The first-order chi connectivity index (χ1) is 17.4. The SMILES string of the molecule is C=CC[C@@]1(COCC[Si](C)(C)C)C[C@H](c2cccc(Cl)c2)[C@H](C(C)C[C@H](O)c2ccc(Cl)cc2)NC1=O. The Kier molecular flexibility index (Phi) is 10.5. The molecule has 0 saturated carbocycles. The van der Waals surface area contributed by atoms with Gasteiger partial charge in [0.25, 0.3) is 0 Å². The number of piperidine rings is 1. The fourth-order valence-corrected chi connectivity index (χ4v) is 6.33. The van der Waals surface area contributed by atoms with Crippen LogP contribution in [0.5, 0.6) is 0 Å².